The molecule has 1 aromatic rings. The lowest BCUT2D eigenvalue weighted by molar-refractivity contribution is -0.119. The second-order valence-corrected chi connectivity index (χ2v) is 4.13. The first kappa shape index (κ1) is 13.4. The molecule has 0 aliphatic carbocycles. The van der Waals surface area contributed by atoms with Gasteiger partial charge in [0.05, 0.1) is 6.07 Å². The zero-order valence-corrected chi connectivity index (χ0v) is 10.2. The molecule has 0 spiro atoms. The van der Waals surface area contributed by atoms with Crippen LogP contribution in [0.3, 0.4) is 0 Å². The van der Waals surface area contributed by atoms with Crippen LogP contribution >= 0.6 is 0 Å². The molecule has 0 radical (unpaired) electrons. The van der Waals surface area contributed by atoms with Gasteiger partial charge in [-0.25, -0.2) is 0 Å². The number of hydrogen-bond acceptors (Lipinski definition) is 3. The van der Waals surface area contributed by atoms with Crippen LogP contribution in [0.5, 0.6) is 0 Å². The van der Waals surface area contributed by atoms with Gasteiger partial charge >= 0.3 is 0 Å². The Kier molecular flexibility index (Phi) is 5.95. The largest absolute Gasteiger partial charge is 0.298 e. The third-order valence-electron chi connectivity index (χ3n) is 2.75. The van der Waals surface area contributed by atoms with Crippen molar-refractivity contribution in [2.75, 3.05) is 0 Å². The molecule has 0 saturated heterocycles. The standard InChI is InChI=1S/C14H18N2O/c1-2-3-4-5-8-14(17)13(10-15)12-7-6-9-16-11-12/h6-7,9,11,13H,2-5,8H2,1H3. The number of rotatable bonds is 7. The smallest absolute Gasteiger partial charge is 0.154 e. The van der Waals surface area contributed by atoms with Gasteiger partial charge in [0, 0.05) is 18.8 Å². The first-order chi connectivity index (χ1) is 8.29. The van der Waals surface area contributed by atoms with E-state index in [0.29, 0.717) is 12.0 Å². The highest BCUT2D eigenvalue weighted by molar-refractivity contribution is 5.88. The molecule has 1 atom stereocenters. The SMILES string of the molecule is CCCCCCC(=O)C(C#N)c1cccnc1. The molecular formula is C14H18N2O. The molecule has 0 amide bonds. The fraction of sp³-hybridized carbons (Fsp3) is 0.500. The Hall–Kier alpha value is -1.69. The summed E-state index contributed by atoms with van der Waals surface area (Å²) in [7, 11) is 0. The number of Topliss-reactive ketones (excluding diaryl/α,β-unsaturated/α-hetero) is 1. The summed E-state index contributed by atoms with van der Waals surface area (Å²) in [6.07, 6.45) is 7.98. The molecule has 3 nitrogen and oxygen atoms in total. The Morgan fingerprint density at radius 2 is 2.29 bits per heavy atom. The summed E-state index contributed by atoms with van der Waals surface area (Å²) in [6, 6.07) is 5.61. The summed E-state index contributed by atoms with van der Waals surface area (Å²) < 4.78 is 0. The normalized spacial score (nSPS) is 11.8. The molecule has 17 heavy (non-hydrogen) atoms. The predicted octanol–water partition coefficient (Wildman–Crippen LogP) is 3.23. The molecule has 1 aromatic heterocycles. The molecule has 0 aliphatic rings. The van der Waals surface area contributed by atoms with Crippen LogP contribution in [0.15, 0.2) is 24.5 Å². The van der Waals surface area contributed by atoms with Gasteiger partial charge < -0.3 is 0 Å². The lowest BCUT2D eigenvalue weighted by Crippen LogP contribution is -2.10. The second-order valence-electron chi connectivity index (χ2n) is 4.13. The van der Waals surface area contributed by atoms with Crippen molar-refractivity contribution in [3.8, 4) is 6.07 Å². The molecule has 0 aromatic carbocycles. The minimum absolute atomic E-state index is 0.0107. The van der Waals surface area contributed by atoms with Gasteiger partial charge in [0.25, 0.3) is 0 Å². The number of nitrogens with zero attached hydrogens (tertiary/aromatic N) is 2. The third-order valence-corrected chi connectivity index (χ3v) is 2.75. The number of carbonyl (C=O) groups is 1. The van der Waals surface area contributed by atoms with Gasteiger partial charge in [-0.05, 0) is 18.1 Å². The molecular weight excluding hydrogens is 212 g/mol. The highest BCUT2D eigenvalue weighted by Crippen LogP contribution is 2.18. The molecule has 3 heteroatoms. The summed E-state index contributed by atoms with van der Waals surface area (Å²) in [6.45, 7) is 2.13. The van der Waals surface area contributed by atoms with Crippen molar-refractivity contribution in [3.05, 3.63) is 30.1 Å². The van der Waals surface area contributed by atoms with E-state index in [4.69, 9.17) is 5.26 Å². The lowest BCUT2D eigenvalue weighted by atomic mass is 9.94. The quantitative estimate of drug-likeness (QED) is 0.676. The summed E-state index contributed by atoms with van der Waals surface area (Å²) in [5.41, 5.74) is 0.704. The maximum absolute atomic E-state index is 11.9. The van der Waals surface area contributed by atoms with Gasteiger partial charge in [0.2, 0.25) is 0 Å². The van der Waals surface area contributed by atoms with E-state index in [1.165, 1.54) is 0 Å². The first-order valence-electron chi connectivity index (χ1n) is 6.11. The van der Waals surface area contributed by atoms with Gasteiger partial charge in [0.1, 0.15) is 5.92 Å². The van der Waals surface area contributed by atoms with Crippen molar-refractivity contribution >= 4 is 5.78 Å². The molecule has 1 heterocycles. The van der Waals surface area contributed by atoms with Crippen LogP contribution in [0, 0.1) is 11.3 Å². The van der Waals surface area contributed by atoms with Crippen molar-refractivity contribution in [2.24, 2.45) is 0 Å². The molecule has 0 saturated carbocycles. The van der Waals surface area contributed by atoms with E-state index in [9.17, 15) is 4.79 Å². The monoisotopic (exact) mass is 230 g/mol. The molecule has 0 fully saturated rings. The van der Waals surface area contributed by atoms with E-state index in [2.05, 4.69) is 18.0 Å². The van der Waals surface area contributed by atoms with Gasteiger partial charge in [-0.15, -0.1) is 0 Å². The number of carbonyl (C=O) groups excluding carboxylic acids is 1. The van der Waals surface area contributed by atoms with E-state index in [1.807, 2.05) is 0 Å². The fourth-order valence-electron chi connectivity index (χ4n) is 1.75. The van der Waals surface area contributed by atoms with Crippen LogP contribution in [0.25, 0.3) is 0 Å². The maximum Gasteiger partial charge on any atom is 0.154 e. The zero-order chi connectivity index (χ0) is 12.5. The van der Waals surface area contributed by atoms with Crippen LogP contribution in [-0.4, -0.2) is 10.8 Å². The van der Waals surface area contributed by atoms with E-state index >= 15 is 0 Å². The summed E-state index contributed by atoms with van der Waals surface area (Å²) in [5.74, 6) is -0.637. The van der Waals surface area contributed by atoms with Crippen LogP contribution in [0.2, 0.25) is 0 Å². The average Bonchev–Trinajstić information content (AvgIpc) is 2.37. The van der Waals surface area contributed by atoms with Crippen molar-refractivity contribution in [2.45, 2.75) is 44.9 Å². The van der Waals surface area contributed by atoms with Crippen LogP contribution in [-0.2, 0) is 4.79 Å². The molecule has 90 valence electrons. The van der Waals surface area contributed by atoms with E-state index in [-0.39, 0.29) is 5.78 Å². The maximum atomic E-state index is 11.9. The number of aromatic nitrogens is 1. The highest BCUT2D eigenvalue weighted by Gasteiger charge is 2.19. The zero-order valence-electron chi connectivity index (χ0n) is 10.2. The molecule has 0 N–H and O–H groups in total. The molecule has 1 unspecified atom stereocenters. The molecule has 0 aliphatic heterocycles. The molecule has 1 rings (SSSR count). The second kappa shape index (κ2) is 7.56. The minimum Gasteiger partial charge on any atom is -0.298 e. The van der Waals surface area contributed by atoms with Gasteiger partial charge in [-0.3, -0.25) is 9.78 Å². The minimum atomic E-state index is -0.648. The first-order valence-corrected chi connectivity index (χ1v) is 6.11. The van der Waals surface area contributed by atoms with Crippen LogP contribution in [0.1, 0.15) is 50.5 Å². The number of nitriles is 1. The Balaban J connectivity index is 2.52. The summed E-state index contributed by atoms with van der Waals surface area (Å²) in [4.78, 5) is 15.8. The predicted molar refractivity (Wildman–Crippen MR) is 66.4 cm³/mol. The number of pyridine rings is 1. The Morgan fingerprint density at radius 1 is 1.47 bits per heavy atom. The average molecular weight is 230 g/mol. The van der Waals surface area contributed by atoms with Gasteiger partial charge in [-0.2, -0.15) is 5.26 Å². The van der Waals surface area contributed by atoms with Crippen molar-refractivity contribution in [3.63, 3.8) is 0 Å². The number of ketones is 1. The Bertz CT molecular complexity index is 381. The van der Waals surface area contributed by atoms with Gasteiger partial charge in [-0.1, -0.05) is 32.3 Å². The third kappa shape index (κ3) is 4.36. The summed E-state index contributed by atoms with van der Waals surface area (Å²) >= 11 is 0. The van der Waals surface area contributed by atoms with E-state index < -0.39 is 5.92 Å². The van der Waals surface area contributed by atoms with Crippen LogP contribution in [0.4, 0.5) is 0 Å². The Labute approximate surface area is 102 Å². The van der Waals surface area contributed by atoms with E-state index in [0.717, 1.165) is 25.7 Å². The van der Waals surface area contributed by atoms with Crippen molar-refractivity contribution in [1.82, 2.24) is 4.98 Å². The lowest BCUT2D eigenvalue weighted by Gasteiger charge is -2.07. The number of hydrogen-bond donors (Lipinski definition) is 0. The Morgan fingerprint density at radius 3 is 2.88 bits per heavy atom. The molecule has 0 bridgehead atoms. The number of unbranched alkanes of at least 4 members (excludes halogenated alkanes) is 3. The van der Waals surface area contributed by atoms with Crippen LogP contribution < -0.4 is 0 Å². The highest BCUT2D eigenvalue weighted by atomic mass is 16.1. The van der Waals surface area contributed by atoms with E-state index in [1.54, 1.807) is 24.5 Å². The van der Waals surface area contributed by atoms with Crippen molar-refractivity contribution < 1.29 is 4.79 Å². The van der Waals surface area contributed by atoms with Gasteiger partial charge in [0.15, 0.2) is 5.78 Å². The topological polar surface area (TPSA) is 53.8 Å². The summed E-state index contributed by atoms with van der Waals surface area (Å²) in [5, 5.41) is 9.05. The fourth-order valence-corrected chi connectivity index (χ4v) is 1.75. The van der Waals surface area contributed by atoms with Crippen molar-refractivity contribution in [1.29, 1.82) is 5.26 Å².